The number of rotatable bonds is 52. The largest absolute Gasteiger partial charge is 1.00 e. The van der Waals surface area contributed by atoms with Crippen LogP contribution >= 0.6 is 0 Å². The summed E-state index contributed by atoms with van der Waals surface area (Å²) in [5.74, 6) is 4.44. The van der Waals surface area contributed by atoms with Gasteiger partial charge < -0.3 is 94.9 Å². The molecule has 0 aliphatic carbocycles. The number of nitrogens with two attached hydrogens (primary N) is 4. The maximum Gasteiger partial charge on any atom is 1.00 e. The zero-order chi connectivity index (χ0) is 105. The summed E-state index contributed by atoms with van der Waals surface area (Å²) in [7, 11) is 4.01. The summed E-state index contributed by atoms with van der Waals surface area (Å²) in [6.07, 6.45) is 38.0. The van der Waals surface area contributed by atoms with Crippen molar-refractivity contribution in [2.45, 2.75) is 224 Å². The molecule has 38 heteroatoms. The van der Waals surface area contributed by atoms with Crippen LogP contribution in [0.2, 0.25) is 0 Å². The van der Waals surface area contributed by atoms with E-state index in [0.717, 1.165) is 383 Å². The smallest absolute Gasteiger partial charge is 0.368 e. The maximum atomic E-state index is 5.68. The highest BCUT2D eigenvalue weighted by Crippen LogP contribution is 2.43. The van der Waals surface area contributed by atoms with E-state index in [1.54, 1.807) is 0 Å². The fraction of sp³-hybridized carbons (Fsp3) is 0.587. The minimum absolute atomic E-state index is 0. The lowest BCUT2D eigenvalue weighted by Crippen LogP contribution is -2.50. The van der Waals surface area contributed by atoms with Crippen molar-refractivity contribution in [1.82, 2.24) is 22.8 Å². The number of hydrogen-bond acceptors (Lipinski definition) is 24. The highest BCUT2D eigenvalue weighted by molar-refractivity contribution is 5.81. The zero-order valence-electron chi connectivity index (χ0n) is 94.8. The molecule has 802 valence electrons. The summed E-state index contributed by atoms with van der Waals surface area (Å²) in [6, 6.07) is 32.2. The molecule has 0 unspecified atom stereocenters. The summed E-state index contributed by atoms with van der Waals surface area (Å²) in [6.45, 7) is 57.0. The van der Waals surface area contributed by atoms with Crippen molar-refractivity contribution in [2.75, 3.05) is 232 Å². The highest BCUT2D eigenvalue weighted by atomic mass is 15.4. The fourth-order valence-corrected chi connectivity index (χ4v) is 19.6. The molecule has 0 bridgehead atoms. The molecule has 38 nitrogen and oxygen atoms in total. The standard InChI is InChI=1S/3C23H39N8.2C20H32N7/c3*1-3-28-15-16-29(4-2)22-19-20(9-10-21(22)28)26-27-23-30(13-7-5-11-24)17-18-31(23)14-8-6-12-25;2*1-4-25-14-15-26(5-2)19-16-17(8-9-18(19)25)22-23-20-24(3)12-13-27(20)11-7-6-10-21/h3*9-10,17-19H,3-8,11-16,24-25H2,1-2H3;2*8-9,12-13,16H,4-7,10-11,14-15,21H2,1-3H3/q5*+1/p+7. The molecule has 0 spiro atoms. The van der Waals surface area contributed by atoms with Crippen molar-refractivity contribution in [1.29, 1.82) is 0 Å². The molecule has 0 amide bonds. The van der Waals surface area contributed by atoms with Gasteiger partial charge in [-0.25, -0.2) is 45.7 Å². The number of aryl methyl sites for hydroxylation is 10. The molecular formula is C109H188N38+12. The first kappa shape index (κ1) is 115. The number of anilines is 10. The van der Waals surface area contributed by atoms with E-state index in [-0.39, 0.29) is 4.28 Å². The highest BCUT2D eigenvalue weighted by Gasteiger charge is 2.31. The Morgan fingerprint density at radius 2 is 0.415 bits per heavy atom. The van der Waals surface area contributed by atoms with Crippen LogP contribution in [0.1, 0.15) is 176 Å². The second kappa shape index (κ2) is 62.2. The minimum Gasteiger partial charge on any atom is -0.368 e. The van der Waals surface area contributed by atoms with E-state index in [9.17, 15) is 0 Å². The molecule has 5 aliphatic rings. The Morgan fingerprint density at radius 3 is 0.633 bits per heavy atom. The predicted molar refractivity (Wildman–Crippen MR) is 602 cm³/mol. The zero-order valence-corrected chi connectivity index (χ0v) is 91.8. The predicted octanol–water partition coefficient (Wildman–Crippen LogP) is 13.7. The van der Waals surface area contributed by atoms with Gasteiger partial charge in [-0.15, -0.1) is 0 Å². The molecule has 10 heterocycles. The van der Waals surface area contributed by atoms with E-state index in [1.807, 2.05) is 35.6 Å². The topological polar surface area (TPSA) is 415 Å². The molecule has 147 heavy (non-hydrogen) atoms. The van der Waals surface area contributed by atoms with Crippen molar-refractivity contribution in [3.05, 3.63) is 153 Å². The molecule has 5 aromatic carbocycles. The van der Waals surface area contributed by atoms with Crippen LogP contribution in [0.3, 0.4) is 0 Å². The lowest BCUT2D eigenvalue weighted by atomic mass is 10.1. The van der Waals surface area contributed by atoms with Gasteiger partial charge in [-0.1, -0.05) is 25.6 Å². The van der Waals surface area contributed by atoms with Crippen LogP contribution in [0.4, 0.5) is 115 Å². The molecule has 0 atom stereocenters. The Bertz CT molecular complexity index is 5150. The molecule has 0 saturated carbocycles. The molecule has 0 radical (unpaired) electrons. The molecule has 0 saturated heterocycles. The van der Waals surface area contributed by atoms with Crippen LogP contribution in [-0.2, 0) is 66.5 Å². The molecule has 20 N–H and O–H groups in total. The number of likely N-dealkylation sites (N-methyl/N-ethyl adjacent to an activating group) is 10. The summed E-state index contributed by atoms with van der Waals surface area (Å²) in [4.78, 5) is 24.3. The second-order valence-corrected chi connectivity index (χ2v) is 38.1. The summed E-state index contributed by atoms with van der Waals surface area (Å²) >= 11 is 0. The summed E-state index contributed by atoms with van der Waals surface area (Å²) in [5.41, 5.74) is 55.7. The molecule has 0 fully saturated rings. The van der Waals surface area contributed by atoms with Crippen molar-refractivity contribution in [3.63, 3.8) is 0 Å². The van der Waals surface area contributed by atoms with Gasteiger partial charge in [-0.2, -0.15) is 0 Å². The lowest BCUT2D eigenvalue weighted by molar-refractivity contribution is -0.684. The first-order valence-electron chi connectivity index (χ1n) is 55.6. The summed E-state index contributed by atoms with van der Waals surface area (Å²) < 4.78 is 21.5. The molecule has 5 aromatic heterocycles. The van der Waals surface area contributed by atoms with Crippen molar-refractivity contribution in [2.24, 2.45) is 88.2 Å². The van der Waals surface area contributed by atoms with Crippen LogP contribution in [0.5, 0.6) is 0 Å². The van der Waals surface area contributed by atoms with Crippen molar-refractivity contribution < 1.29 is 50.1 Å². The van der Waals surface area contributed by atoms with Crippen LogP contribution in [0.15, 0.2) is 204 Å². The monoisotopic (exact) mass is 2030 g/mol. The van der Waals surface area contributed by atoms with E-state index in [0.29, 0.717) is 13.1 Å². The van der Waals surface area contributed by atoms with E-state index in [2.05, 4.69) is 359 Å². The van der Waals surface area contributed by atoms with Crippen LogP contribution < -0.4 is 118 Å². The number of azo groups is 5. The maximum absolute atomic E-state index is 5.68. The molecule has 15 rings (SSSR count). The first-order valence-corrected chi connectivity index (χ1v) is 55.6. The summed E-state index contributed by atoms with van der Waals surface area (Å²) in [5, 5.41) is 46.3. The second-order valence-electron chi connectivity index (χ2n) is 38.1. The Morgan fingerprint density at radius 1 is 0.231 bits per heavy atom. The van der Waals surface area contributed by atoms with Gasteiger partial charge in [-0.3, -0.25) is 0 Å². The Hall–Kier alpha value is -12.2. The normalized spacial score (nSPS) is 14.0. The quantitative estimate of drug-likeness (QED) is 0.00998. The number of imidazole rings is 5. The van der Waals surface area contributed by atoms with E-state index < -0.39 is 0 Å². The van der Waals surface area contributed by atoms with Crippen LogP contribution in [-0.4, -0.2) is 206 Å². The van der Waals surface area contributed by atoms with E-state index >= 15 is 0 Å². The molecule has 10 aromatic rings. The Labute approximate surface area is 881 Å². The van der Waals surface area contributed by atoms with Crippen molar-refractivity contribution in [3.8, 4) is 0 Å². The van der Waals surface area contributed by atoms with Gasteiger partial charge in [0.2, 0.25) is 0 Å². The number of benzene rings is 5. The van der Waals surface area contributed by atoms with Gasteiger partial charge in [0.1, 0.15) is 28.4 Å². The number of aromatic nitrogens is 10. The Kier molecular flexibility index (Phi) is 48.7. The first-order chi connectivity index (χ1) is 72.0. The number of hydrogen-bond donors (Lipinski definition) is 8. The van der Waals surface area contributed by atoms with Crippen LogP contribution in [0, 0.1) is 0 Å². The molecular weight excluding hydrogens is 1840 g/mol. The van der Waals surface area contributed by atoms with Gasteiger partial charge in [-0.05, 0) is 289 Å². The average molecular weight is 2030 g/mol. The van der Waals surface area contributed by atoms with E-state index in [4.69, 9.17) is 33.2 Å². The van der Waals surface area contributed by atoms with Crippen molar-refractivity contribution >= 4 is 115 Å². The lowest BCUT2D eigenvalue weighted by Gasteiger charge is -2.38. The third-order valence-electron chi connectivity index (χ3n) is 28.4. The van der Waals surface area contributed by atoms with Gasteiger partial charge >= 0.3 is 34.0 Å². The number of quaternary nitrogens is 4. The van der Waals surface area contributed by atoms with Crippen LogP contribution in [0.25, 0.3) is 0 Å². The Balaban J connectivity index is 0.000000227. The van der Waals surface area contributed by atoms with Gasteiger partial charge in [0, 0.05) is 156 Å². The number of unbranched alkanes of at least 4 members (excludes halogenated alkanes) is 8. The molecule has 5 aliphatic heterocycles. The van der Waals surface area contributed by atoms with Gasteiger partial charge in [0.25, 0.3) is 0 Å². The number of fused-ring (bicyclic) bond motifs is 5. The van der Waals surface area contributed by atoms with Gasteiger partial charge in [0.15, 0.2) is 0 Å². The average Bonchev–Trinajstić information content (AvgIpc) is 1.32. The number of nitrogens with zero attached hydrogens (tertiary/aromatic N) is 30. The minimum atomic E-state index is 0. The third kappa shape index (κ3) is 32.4. The fourth-order valence-electron chi connectivity index (χ4n) is 19.6. The SMILES string of the molecule is CCN1CCN(CC)c2cc(N=Nc3n(CCCCN)cc[n+]3C)ccc21.CCN1CCN(CC)c2cc(N=Nc3n(CCCCN)cc[n+]3CCCCN)ccc21.CCN1CCN(CC)c2cc(N=Nc3n(CCCC[NH3+])cc[n+]3C)ccc21.CCN1CCN(CC)c2cc(N=Nc3n(CCCC[NH3+])cc[n+]3CCCCN)ccc21.CCN1CCN(CC)c2cc(N=Nc3n(CCCC[NH3+])cc[n+]3CCCC[NH3+])ccc21.[H+].[H+].[H+]. The van der Waals surface area contributed by atoms with Gasteiger partial charge in [0.05, 0.1) is 211 Å². The third-order valence-corrected chi connectivity index (χ3v) is 28.4. The van der Waals surface area contributed by atoms with E-state index in [1.165, 1.54) is 56.9 Å².